The lowest BCUT2D eigenvalue weighted by molar-refractivity contribution is -0.115. The van der Waals surface area contributed by atoms with Gasteiger partial charge in [-0.2, -0.15) is 0 Å². The summed E-state index contributed by atoms with van der Waals surface area (Å²) >= 11 is 1.28. The fourth-order valence-electron chi connectivity index (χ4n) is 2.71. The Morgan fingerprint density at radius 1 is 1.18 bits per heavy atom. The van der Waals surface area contributed by atoms with Crippen LogP contribution in [0, 0.1) is 0 Å². The second-order valence-corrected chi connectivity index (χ2v) is 7.91. The first-order valence-corrected chi connectivity index (χ1v) is 9.95. The maximum absolute atomic E-state index is 12.5. The van der Waals surface area contributed by atoms with Crippen LogP contribution in [0.25, 0.3) is 0 Å². The van der Waals surface area contributed by atoms with Crippen molar-refractivity contribution in [2.24, 2.45) is 0 Å². The Hall–Kier alpha value is -3.00. The molecule has 0 saturated heterocycles. The number of para-hydroxylation sites is 1. The molecule has 1 heterocycles. The number of carbonyl (C=O) groups excluding carboxylic acids is 1. The number of H-pyrrole nitrogens is 1. The van der Waals surface area contributed by atoms with Crippen LogP contribution in [0.3, 0.4) is 0 Å². The zero-order chi connectivity index (χ0) is 19.5. The highest BCUT2D eigenvalue weighted by molar-refractivity contribution is 8.00. The Bertz CT molecular complexity index is 1010. The molecule has 0 unspecified atom stereocenters. The van der Waals surface area contributed by atoms with Crippen LogP contribution in [-0.4, -0.2) is 25.9 Å². The van der Waals surface area contributed by atoms with Gasteiger partial charge in [0.15, 0.2) is 5.16 Å². The number of benzene rings is 2. The second-order valence-electron chi connectivity index (χ2n) is 6.60. The van der Waals surface area contributed by atoms with Crippen LogP contribution >= 0.6 is 11.8 Å². The number of aromatic amines is 1. The Morgan fingerprint density at radius 3 is 2.54 bits per heavy atom. The van der Waals surface area contributed by atoms with Crippen molar-refractivity contribution in [1.82, 2.24) is 14.8 Å². The number of nitrogens with one attached hydrogen (secondary N) is 2. The highest BCUT2D eigenvalue weighted by Crippen LogP contribution is 2.36. The average molecular weight is 396 g/mol. The van der Waals surface area contributed by atoms with E-state index in [1.807, 2.05) is 30.3 Å². The van der Waals surface area contributed by atoms with E-state index >= 15 is 0 Å². The minimum atomic E-state index is -0.395. The summed E-state index contributed by atoms with van der Waals surface area (Å²) in [6.07, 6.45) is 1.95. The van der Waals surface area contributed by atoms with Gasteiger partial charge >= 0.3 is 5.69 Å². The van der Waals surface area contributed by atoms with E-state index in [0.717, 1.165) is 18.6 Å². The molecule has 1 aromatic heterocycles. The SMILES string of the molecule is C[C@@H](Sc1n[nH]c(=O)n1C1CC1)C(=O)Nc1ccc(Oc2ccccc2)cc1. The number of amides is 1. The number of nitrogens with zero attached hydrogens (tertiary/aromatic N) is 2. The zero-order valence-corrected chi connectivity index (χ0v) is 16.1. The van der Waals surface area contributed by atoms with Gasteiger partial charge in [-0.1, -0.05) is 30.0 Å². The van der Waals surface area contributed by atoms with Gasteiger partial charge in [0.05, 0.1) is 5.25 Å². The highest BCUT2D eigenvalue weighted by atomic mass is 32.2. The maximum Gasteiger partial charge on any atom is 0.344 e. The standard InChI is InChI=1S/C20H20N4O3S/c1-13(28-20-23-22-19(26)24(20)15-9-10-15)18(25)21-14-7-11-17(12-8-14)27-16-5-3-2-4-6-16/h2-8,11-13,15H,9-10H2,1H3,(H,21,25)(H,22,26)/t13-/m1/s1. The highest BCUT2D eigenvalue weighted by Gasteiger charge is 2.30. The van der Waals surface area contributed by atoms with E-state index in [0.29, 0.717) is 16.6 Å². The molecule has 7 nitrogen and oxygen atoms in total. The first-order valence-electron chi connectivity index (χ1n) is 9.07. The zero-order valence-electron chi connectivity index (χ0n) is 15.3. The Labute approximate surface area is 166 Å². The number of carbonyl (C=O) groups is 1. The lowest BCUT2D eigenvalue weighted by atomic mass is 10.3. The molecule has 0 aliphatic heterocycles. The summed E-state index contributed by atoms with van der Waals surface area (Å²) in [6.45, 7) is 1.79. The van der Waals surface area contributed by atoms with Crippen LogP contribution in [0.2, 0.25) is 0 Å². The van der Waals surface area contributed by atoms with Gasteiger partial charge in [-0.05, 0) is 56.2 Å². The topological polar surface area (TPSA) is 89.0 Å². The molecule has 4 rings (SSSR count). The number of anilines is 1. The molecule has 3 aromatic rings. The Balaban J connectivity index is 1.36. The molecule has 2 aromatic carbocycles. The molecule has 1 saturated carbocycles. The number of aromatic nitrogens is 3. The smallest absolute Gasteiger partial charge is 0.344 e. The lowest BCUT2D eigenvalue weighted by Gasteiger charge is -2.12. The number of rotatable bonds is 7. The van der Waals surface area contributed by atoms with E-state index in [1.54, 1.807) is 35.8 Å². The number of thioether (sulfide) groups is 1. The van der Waals surface area contributed by atoms with Gasteiger partial charge in [0, 0.05) is 11.7 Å². The summed E-state index contributed by atoms with van der Waals surface area (Å²) in [7, 11) is 0. The number of ether oxygens (including phenoxy) is 1. The number of hydrogen-bond donors (Lipinski definition) is 2. The third-order valence-corrected chi connectivity index (χ3v) is 5.40. The molecule has 8 heteroatoms. The van der Waals surface area contributed by atoms with Crippen molar-refractivity contribution in [2.75, 3.05) is 5.32 Å². The molecular formula is C20H20N4O3S. The van der Waals surface area contributed by atoms with Crippen molar-refractivity contribution in [3.8, 4) is 11.5 Å². The molecule has 28 heavy (non-hydrogen) atoms. The minimum absolute atomic E-state index is 0.153. The lowest BCUT2D eigenvalue weighted by Crippen LogP contribution is -2.23. The van der Waals surface area contributed by atoms with Gasteiger partial charge < -0.3 is 10.1 Å². The minimum Gasteiger partial charge on any atom is -0.457 e. The Morgan fingerprint density at radius 2 is 1.86 bits per heavy atom. The van der Waals surface area contributed by atoms with Gasteiger partial charge in [0.25, 0.3) is 0 Å². The summed E-state index contributed by atoms with van der Waals surface area (Å²) in [5.41, 5.74) is 0.464. The summed E-state index contributed by atoms with van der Waals surface area (Å²) in [5.74, 6) is 1.29. The van der Waals surface area contributed by atoms with E-state index in [1.165, 1.54) is 11.8 Å². The van der Waals surface area contributed by atoms with Crippen molar-refractivity contribution in [2.45, 2.75) is 36.2 Å². The predicted octanol–water partition coefficient (Wildman–Crippen LogP) is 3.82. The van der Waals surface area contributed by atoms with Crippen molar-refractivity contribution < 1.29 is 9.53 Å². The largest absolute Gasteiger partial charge is 0.457 e. The third kappa shape index (κ3) is 4.28. The van der Waals surface area contributed by atoms with Gasteiger partial charge in [-0.25, -0.2) is 9.89 Å². The van der Waals surface area contributed by atoms with Crippen LogP contribution in [0.15, 0.2) is 64.5 Å². The molecular weight excluding hydrogens is 376 g/mol. The third-order valence-electron chi connectivity index (χ3n) is 4.34. The Kier molecular flexibility index (Phi) is 5.21. The van der Waals surface area contributed by atoms with Crippen molar-refractivity contribution in [3.05, 3.63) is 65.1 Å². The van der Waals surface area contributed by atoms with Crippen LogP contribution < -0.4 is 15.7 Å². The quantitative estimate of drug-likeness (QED) is 0.593. The van der Waals surface area contributed by atoms with E-state index in [4.69, 9.17) is 4.74 Å². The van der Waals surface area contributed by atoms with Crippen LogP contribution in [0.1, 0.15) is 25.8 Å². The molecule has 1 aliphatic carbocycles. The normalized spacial score (nSPS) is 14.5. The van der Waals surface area contributed by atoms with Crippen molar-refractivity contribution in [1.29, 1.82) is 0 Å². The fourth-order valence-corrected chi connectivity index (χ4v) is 3.64. The molecule has 1 fully saturated rings. The first-order chi connectivity index (χ1) is 13.6. The summed E-state index contributed by atoms with van der Waals surface area (Å²) < 4.78 is 7.39. The van der Waals surface area contributed by atoms with Gasteiger partial charge in [-0.15, -0.1) is 5.10 Å². The predicted molar refractivity (Wildman–Crippen MR) is 108 cm³/mol. The molecule has 1 amide bonds. The second kappa shape index (κ2) is 7.93. The molecule has 0 spiro atoms. The van der Waals surface area contributed by atoms with Crippen molar-refractivity contribution >= 4 is 23.4 Å². The molecule has 1 atom stereocenters. The summed E-state index contributed by atoms with van der Waals surface area (Å²) in [5, 5.41) is 9.56. The first kappa shape index (κ1) is 18.4. The summed E-state index contributed by atoms with van der Waals surface area (Å²) in [4.78, 5) is 24.4. The van der Waals surface area contributed by atoms with Gasteiger partial charge in [-0.3, -0.25) is 9.36 Å². The molecule has 1 aliphatic rings. The molecule has 0 radical (unpaired) electrons. The summed E-state index contributed by atoms with van der Waals surface area (Å²) in [6, 6.07) is 16.9. The molecule has 2 N–H and O–H groups in total. The van der Waals surface area contributed by atoms with Gasteiger partial charge in [0.2, 0.25) is 5.91 Å². The van der Waals surface area contributed by atoms with E-state index in [2.05, 4.69) is 15.5 Å². The van der Waals surface area contributed by atoms with Gasteiger partial charge in [0.1, 0.15) is 11.5 Å². The van der Waals surface area contributed by atoms with Crippen LogP contribution in [0.4, 0.5) is 5.69 Å². The number of hydrogen-bond acceptors (Lipinski definition) is 5. The average Bonchev–Trinajstić information content (AvgIpc) is 3.47. The monoisotopic (exact) mass is 396 g/mol. The maximum atomic E-state index is 12.5. The fraction of sp³-hybridized carbons (Fsp3) is 0.250. The van der Waals surface area contributed by atoms with Crippen LogP contribution in [0.5, 0.6) is 11.5 Å². The van der Waals surface area contributed by atoms with Crippen molar-refractivity contribution in [3.63, 3.8) is 0 Å². The van der Waals surface area contributed by atoms with E-state index in [9.17, 15) is 9.59 Å². The molecule has 144 valence electrons. The van der Waals surface area contributed by atoms with E-state index in [-0.39, 0.29) is 17.6 Å². The van der Waals surface area contributed by atoms with E-state index < -0.39 is 5.25 Å². The van der Waals surface area contributed by atoms with Crippen LogP contribution in [-0.2, 0) is 4.79 Å². The molecule has 0 bridgehead atoms.